The number of nitrogens with zero attached hydrogens (tertiary/aromatic N) is 3. The van der Waals surface area contributed by atoms with Crippen LogP contribution in [-0.2, 0) is 4.74 Å². The fraction of sp³-hybridized carbons (Fsp3) is 0.474. The summed E-state index contributed by atoms with van der Waals surface area (Å²) in [6.07, 6.45) is -3.50. The first-order valence-electron chi connectivity index (χ1n) is 9.30. The summed E-state index contributed by atoms with van der Waals surface area (Å²) in [4.78, 5) is 14.5. The van der Waals surface area contributed by atoms with Crippen LogP contribution in [0.2, 0.25) is 0 Å². The molecule has 4 rings (SSSR count). The molecule has 2 aliphatic rings. The lowest BCUT2D eigenvalue weighted by molar-refractivity contribution is -0.173. The van der Waals surface area contributed by atoms with Crippen LogP contribution in [-0.4, -0.2) is 60.2 Å². The molecule has 2 aromatic rings. The highest BCUT2D eigenvalue weighted by Gasteiger charge is 2.47. The number of methoxy groups -OCH3 is 1. The summed E-state index contributed by atoms with van der Waals surface area (Å²) < 4.78 is 52.6. The van der Waals surface area contributed by atoms with Crippen molar-refractivity contribution in [3.05, 3.63) is 41.6 Å². The van der Waals surface area contributed by atoms with Gasteiger partial charge in [0.25, 0.3) is 5.91 Å². The van der Waals surface area contributed by atoms with Crippen molar-refractivity contribution in [2.75, 3.05) is 38.7 Å². The third kappa shape index (κ3) is 3.76. The van der Waals surface area contributed by atoms with Crippen LogP contribution < -0.4 is 10.1 Å². The Labute approximate surface area is 165 Å². The number of carbonyl (C=O) groups is 1. The predicted molar refractivity (Wildman–Crippen MR) is 98.0 cm³/mol. The zero-order chi connectivity index (χ0) is 20.6. The average molecular weight is 410 g/mol. The van der Waals surface area contributed by atoms with Crippen LogP contribution in [0.5, 0.6) is 5.75 Å². The van der Waals surface area contributed by atoms with E-state index in [1.807, 2.05) is 0 Å². The van der Waals surface area contributed by atoms with Gasteiger partial charge in [0.1, 0.15) is 17.1 Å². The SMILES string of the molecule is COc1ccc([C@H]2C[C@H](C(F)(F)F)n3ncc(C(=O)N4CCOCC4)c3N2)cc1. The number of fused-ring (bicyclic) bond motifs is 1. The standard InChI is InChI=1S/C19H21F3N4O3/c1-28-13-4-2-12(3-5-13)15-10-16(19(20,21)22)26-17(24-15)14(11-23-26)18(27)25-6-8-29-9-7-25/h2-5,11,15-16,24H,6-10H2,1H3/t15-,16-/m1/s1. The van der Waals surface area contributed by atoms with E-state index in [0.29, 0.717) is 37.6 Å². The summed E-state index contributed by atoms with van der Waals surface area (Å²) in [5.41, 5.74) is 0.816. The number of amides is 1. The maximum Gasteiger partial charge on any atom is 0.410 e. The second-order valence-corrected chi connectivity index (χ2v) is 7.02. The molecule has 0 spiro atoms. The molecule has 29 heavy (non-hydrogen) atoms. The fourth-order valence-electron chi connectivity index (χ4n) is 3.71. The monoisotopic (exact) mass is 410 g/mol. The van der Waals surface area contributed by atoms with E-state index in [1.165, 1.54) is 13.3 Å². The van der Waals surface area contributed by atoms with E-state index in [4.69, 9.17) is 9.47 Å². The zero-order valence-corrected chi connectivity index (χ0v) is 15.8. The maximum atomic E-state index is 13.8. The van der Waals surface area contributed by atoms with E-state index in [0.717, 1.165) is 4.68 Å². The summed E-state index contributed by atoms with van der Waals surface area (Å²) in [5.74, 6) is 0.361. The summed E-state index contributed by atoms with van der Waals surface area (Å²) >= 11 is 0. The molecular weight excluding hydrogens is 389 g/mol. The van der Waals surface area contributed by atoms with E-state index >= 15 is 0 Å². The van der Waals surface area contributed by atoms with Gasteiger partial charge in [0, 0.05) is 19.5 Å². The van der Waals surface area contributed by atoms with Gasteiger partial charge >= 0.3 is 6.18 Å². The quantitative estimate of drug-likeness (QED) is 0.843. The van der Waals surface area contributed by atoms with Gasteiger partial charge in [-0.1, -0.05) is 12.1 Å². The van der Waals surface area contributed by atoms with Gasteiger partial charge in [0.2, 0.25) is 0 Å². The number of morpholine rings is 1. The molecule has 2 atom stereocenters. The van der Waals surface area contributed by atoms with Crippen molar-refractivity contribution < 1.29 is 27.4 Å². The van der Waals surface area contributed by atoms with Gasteiger partial charge in [-0.25, -0.2) is 4.68 Å². The molecule has 0 aliphatic carbocycles. The Balaban J connectivity index is 1.68. The minimum atomic E-state index is -4.49. The van der Waals surface area contributed by atoms with Gasteiger partial charge in [-0.2, -0.15) is 18.3 Å². The van der Waals surface area contributed by atoms with Gasteiger partial charge in [-0.3, -0.25) is 4.79 Å². The number of hydrogen-bond donors (Lipinski definition) is 1. The first-order chi connectivity index (χ1) is 13.9. The number of ether oxygens (including phenoxy) is 2. The minimum absolute atomic E-state index is 0.0934. The van der Waals surface area contributed by atoms with Gasteiger partial charge < -0.3 is 19.7 Å². The molecule has 0 radical (unpaired) electrons. The van der Waals surface area contributed by atoms with Crippen LogP contribution >= 0.6 is 0 Å². The molecule has 1 saturated heterocycles. The Morgan fingerprint density at radius 1 is 1.24 bits per heavy atom. The number of hydrogen-bond acceptors (Lipinski definition) is 5. The molecule has 0 unspecified atom stereocenters. The predicted octanol–water partition coefficient (Wildman–Crippen LogP) is 3.02. The smallest absolute Gasteiger partial charge is 0.410 e. The second kappa shape index (κ2) is 7.58. The van der Waals surface area contributed by atoms with Crippen molar-refractivity contribution in [1.82, 2.24) is 14.7 Å². The Morgan fingerprint density at radius 3 is 2.55 bits per heavy atom. The van der Waals surface area contributed by atoms with E-state index in [1.54, 1.807) is 29.2 Å². The minimum Gasteiger partial charge on any atom is -0.497 e. The highest BCUT2D eigenvalue weighted by atomic mass is 19.4. The average Bonchev–Trinajstić information content (AvgIpc) is 3.16. The number of halogens is 3. The summed E-state index contributed by atoms with van der Waals surface area (Å²) in [6, 6.07) is 4.40. The highest BCUT2D eigenvalue weighted by molar-refractivity contribution is 5.99. The van der Waals surface area contributed by atoms with Crippen molar-refractivity contribution >= 4 is 11.7 Å². The molecule has 1 amide bonds. The largest absolute Gasteiger partial charge is 0.497 e. The molecule has 3 heterocycles. The van der Waals surface area contributed by atoms with Crippen LogP contribution in [0, 0.1) is 0 Å². The number of rotatable bonds is 3. The lowest BCUT2D eigenvalue weighted by Crippen LogP contribution is -2.41. The zero-order valence-electron chi connectivity index (χ0n) is 15.8. The van der Waals surface area contributed by atoms with E-state index in [9.17, 15) is 18.0 Å². The van der Waals surface area contributed by atoms with Crippen LogP contribution in [0.15, 0.2) is 30.5 Å². The van der Waals surface area contributed by atoms with Crippen LogP contribution in [0.4, 0.5) is 19.0 Å². The molecule has 1 aromatic carbocycles. The topological polar surface area (TPSA) is 68.6 Å². The summed E-state index contributed by atoms with van der Waals surface area (Å²) in [5, 5.41) is 7.01. The number of carbonyl (C=O) groups excluding carboxylic acids is 1. The number of alkyl halides is 3. The van der Waals surface area contributed by atoms with Crippen molar-refractivity contribution in [3.63, 3.8) is 0 Å². The Morgan fingerprint density at radius 2 is 1.93 bits per heavy atom. The van der Waals surface area contributed by atoms with Crippen LogP contribution in [0.3, 0.4) is 0 Å². The number of anilines is 1. The maximum absolute atomic E-state index is 13.8. The molecule has 1 N–H and O–H groups in total. The number of benzene rings is 1. The Kier molecular flexibility index (Phi) is 5.12. The first kappa shape index (κ1) is 19.6. The normalized spacial score (nSPS) is 22.0. The lowest BCUT2D eigenvalue weighted by Gasteiger charge is -2.34. The van der Waals surface area contributed by atoms with Gasteiger partial charge in [0.05, 0.1) is 32.6 Å². The number of nitrogens with one attached hydrogen (secondary N) is 1. The molecule has 7 nitrogen and oxygen atoms in total. The Bertz CT molecular complexity index is 876. The van der Waals surface area contributed by atoms with Gasteiger partial charge in [0.15, 0.2) is 6.04 Å². The van der Waals surface area contributed by atoms with Crippen molar-refractivity contribution in [2.24, 2.45) is 0 Å². The third-order valence-electron chi connectivity index (χ3n) is 5.29. The van der Waals surface area contributed by atoms with Gasteiger partial charge in [-0.15, -0.1) is 0 Å². The molecule has 0 bridgehead atoms. The van der Waals surface area contributed by atoms with Gasteiger partial charge in [-0.05, 0) is 17.7 Å². The highest BCUT2D eigenvalue weighted by Crippen LogP contribution is 2.44. The Hall–Kier alpha value is -2.75. The molecule has 0 saturated carbocycles. The first-order valence-corrected chi connectivity index (χ1v) is 9.30. The summed E-state index contributed by atoms with van der Waals surface area (Å²) in [7, 11) is 1.52. The molecule has 1 aromatic heterocycles. The lowest BCUT2D eigenvalue weighted by atomic mass is 9.96. The van der Waals surface area contributed by atoms with E-state index in [2.05, 4.69) is 10.4 Å². The van der Waals surface area contributed by atoms with Crippen molar-refractivity contribution in [1.29, 1.82) is 0 Å². The third-order valence-corrected chi connectivity index (χ3v) is 5.29. The summed E-state index contributed by atoms with van der Waals surface area (Å²) in [6.45, 7) is 1.60. The molecule has 10 heteroatoms. The fourth-order valence-corrected chi connectivity index (χ4v) is 3.71. The number of aromatic nitrogens is 2. The van der Waals surface area contributed by atoms with Crippen LogP contribution in [0.25, 0.3) is 0 Å². The molecule has 2 aliphatic heterocycles. The molecule has 156 valence electrons. The van der Waals surface area contributed by atoms with E-state index in [-0.39, 0.29) is 23.7 Å². The van der Waals surface area contributed by atoms with Crippen molar-refractivity contribution in [2.45, 2.75) is 24.7 Å². The van der Waals surface area contributed by atoms with Crippen molar-refractivity contribution in [3.8, 4) is 5.75 Å². The van der Waals surface area contributed by atoms with Crippen LogP contribution in [0.1, 0.15) is 34.4 Å². The second-order valence-electron chi connectivity index (χ2n) is 7.02. The molecular formula is C19H21F3N4O3. The van der Waals surface area contributed by atoms with E-state index < -0.39 is 18.3 Å². The molecule has 1 fully saturated rings.